The van der Waals surface area contributed by atoms with Crippen molar-refractivity contribution in [3.63, 3.8) is 0 Å². The molecule has 1 aliphatic rings. The van der Waals surface area contributed by atoms with Crippen molar-refractivity contribution in [3.05, 3.63) is 41.7 Å². The number of ketones is 1. The standard InChI is InChI=1S/C19H26N2O2/c1-14-5-4-9-21-16(14)6-7-18(21)19(2,3)11-17(22)15-12-20-8-10-23-13-15/h4-7,9,15,20H,8,10-13H2,1-3H3. The van der Waals surface area contributed by atoms with Gasteiger partial charge in [0, 0.05) is 42.3 Å². The lowest BCUT2D eigenvalue weighted by atomic mass is 9.81. The lowest BCUT2D eigenvalue weighted by Gasteiger charge is -2.26. The summed E-state index contributed by atoms with van der Waals surface area (Å²) >= 11 is 0. The van der Waals surface area contributed by atoms with Crippen LogP contribution in [0.5, 0.6) is 0 Å². The minimum absolute atomic E-state index is 0.0373. The molecule has 124 valence electrons. The highest BCUT2D eigenvalue weighted by molar-refractivity contribution is 5.82. The molecule has 3 heterocycles. The van der Waals surface area contributed by atoms with E-state index in [0.717, 1.165) is 13.1 Å². The van der Waals surface area contributed by atoms with Gasteiger partial charge in [-0.05, 0) is 30.7 Å². The molecule has 0 aromatic carbocycles. The third kappa shape index (κ3) is 3.33. The first kappa shape index (κ1) is 16.2. The quantitative estimate of drug-likeness (QED) is 0.943. The molecule has 0 aliphatic carbocycles. The monoisotopic (exact) mass is 314 g/mol. The number of aryl methyl sites for hydroxylation is 1. The Bertz CT molecular complexity index is 694. The highest BCUT2D eigenvalue weighted by Gasteiger charge is 2.31. The Balaban J connectivity index is 1.82. The molecule has 1 unspecified atom stereocenters. The third-order valence-electron chi connectivity index (χ3n) is 4.80. The molecule has 23 heavy (non-hydrogen) atoms. The maximum atomic E-state index is 12.7. The van der Waals surface area contributed by atoms with Crippen LogP contribution < -0.4 is 5.32 Å². The Hall–Kier alpha value is -1.65. The lowest BCUT2D eigenvalue weighted by molar-refractivity contribution is -0.125. The molecule has 4 nitrogen and oxygen atoms in total. The summed E-state index contributed by atoms with van der Waals surface area (Å²) in [5.74, 6) is 0.247. The number of pyridine rings is 1. The summed E-state index contributed by atoms with van der Waals surface area (Å²) in [6.07, 6.45) is 2.61. The van der Waals surface area contributed by atoms with Gasteiger partial charge in [0.15, 0.2) is 0 Å². The van der Waals surface area contributed by atoms with Crippen LogP contribution in [0.1, 0.15) is 31.5 Å². The van der Waals surface area contributed by atoms with E-state index in [1.807, 2.05) is 0 Å². The molecule has 0 bridgehead atoms. The van der Waals surface area contributed by atoms with E-state index in [9.17, 15) is 4.79 Å². The summed E-state index contributed by atoms with van der Waals surface area (Å²) in [5, 5.41) is 3.28. The van der Waals surface area contributed by atoms with E-state index in [0.29, 0.717) is 19.6 Å². The number of carbonyl (C=O) groups excluding carboxylic acids is 1. The van der Waals surface area contributed by atoms with E-state index < -0.39 is 0 Å². The minimum Gasteiger partial charge on any atom is -0.379 e. The first-order chi connectivity index (χ1) is 11.0. The van der Waals surface area contributed by atoms with Gasteiger partial charge in [-0.1, -0.05) is 19.9 Å². The zero-order valence-corrected chi connectivity index (χ0v) is 14.3. The summed E-state index contributed by atoms with van der Waals surface area (Å²) in [6.45, 7) is 9.20. The molecule has 3 rings (SSSR count). The predicted octanol–water partition coefficient (Wildman–Crippen LogP) is 2.72. The highest BCUT2D eigenvalue weighted by Crippen LogP contribution is 2.31. The van der Waals surface area contributed by atoms with Gasteiger partial charge < -0.3 is 14.5 Å². The lowest BCUT2D eigenvalue weighted by Crippen LogP contribution is -2.33. The van der Waals surface area contributed by atoms with E-state index in [1.165, 1.54) is 16.8 Å². The number of ether oxygens (including phenoxy) is 1. The third-order valence-corrected chi connectivity index (χ3v) is 4.80. The van der Waals surface area contributed by atoms with Crippen LogP contribution >= 0.6 is 0 Å². The van der Waals surface area contributed by atoms with Gasteiger partial charge in [0.1, 0.15) is 5.78 Å². The number of hydrogen-bond acceptors (Lipinski definition) is 3. The molecule has 2 aromatic rings. The minimum atomic E-state index is -0.205. The van der Waals surface area contributed by atoms with Gasteiger partial charge in [-0.3, -0.25) is 4.79 Å². The molecule has 0 radical (unpaired) electrons. The zero-order valence-electron chi connectivity index (χ0n) is 14.3. The van der Waals surface area contributed by atoms with Crippen molar-refractivity contribution in [2.75, 3.05) is 26.3 Å². The highest BCUT2D eigenvalue weighted by atomic mass is 16.5. The largest absolute Gasteiger partial charge is 0.379 e. The summed E-state index contributed by atoms with van der Waals surface area (Å²) in [5.41, 5.74) is 3.45. The Labute approximate surface area is 137 Å². The van der Waals surface area contributed by atoms with Crippen LogP contribution in [-0.4, -0.2) is 36.5 Å². The maximum absolute atomic E-state index is 12.7. The summed E-state index contributed by atoms with van der Waals surface area (Å²) in [7, 11) is 0. The van der Waals surface area contributed by atoms with Crippen LogP contribution in [0.15, 0.2) is 30.5 Å². The molecule has 1 saturated heterocycles. The summed E-state index contributed by atoms with van der Waals surface area (Å²) in [4.78, 5) is 12.7. The van der Waals surface area contributed by atoms with Crippen molar-refractivity contribution in [1.82, 2.24) is 9.72 Å². The number of nitrogens with zero attached hydrogens (tertiary/aromatic N) is 1. The van der Waals surface area contributed by atoms with Gasteiger partial charge in [0.05, 0.1) is 19.1 Å². The zero-order chi connectivity index (χ0) is 16.4. The smallest absolute Gasteiger partial charge is 0.140 e. The fourth-order valence-electron chi connectivity index (χ4n) is 3.42. The van der Waals surface area contributed by atoms with Crippen molar-refractivity contribution in [3.8, 4) is 0 Å². The van der Waals surface area contributed by atoms with Crippen LogP contribution in [0.25, 0.3) is 5.52 Å². The van der Waals surface area contributed by atoms with E-state index >= 15 is 0 Å². The van der Waals surface area contributed by atoms with Gasteiger partial charge >= 0.3 is 0 Å². The number of nitrogens with one attached hydrogen (secondary N) is 1. The maximum Gasteiger partial charge on any atom is 0.140 e. The molecular formula is C19H26N2O2. The molecular weight excluding hydrogens is 288 g/mol. The Morgan fingerprint density at radius 2 is 2.22 bits per heavy atom. The van der Waals surface area contributed by atoms with Gasteiger partial charge in [0.2, 0.25) is 0 Å². The van der Waals surface area contributed by atoms with E-state index in [1.54, 1.807) is 0 Å². The molecule has 1 fully saturated rings. The Morgan fingerprint density at radius 1 is 1.39 bits per heavy atom. The molecule has 0 saturated carbocycles. The van der Waals surface area contributed by atoms with E-state index in [2.05, 4.69) is 61.0 Å². The first-order valence-electron chi connectivity index (χ1n) is 8.37. The number of hydrogen-bond donors (Lipinski definition) is 1. The normalized spacial score (nSPS) is 19.7. The topological polar surface area (TPSA) is 42.7 Å². The molecule has 1 N–H and O–H groups in total. The Kier molecular flexibility index (Phi) is 4.55. The van der Waals surface area contributed by atoms with Crippen molar-refractivity contribution >= 4 is 11.3 Å². The van der Waals surface area contributed by atoms with Crippen LogP contribution in [0, 0.1) is 12.8 Å². The fourth-order valence-corrected chi connectivity index (χ4v) is 3.42. The average molecular weight is 314 g/mol. The van der Waals surface area contributed by atoms with Gasteiger partial charge in [0.25, 0.3) is 0 Å². The Morgan fingerprint density at radius 3 is 3.04 bits per heavy atom. The second-order valence-corrected chi connectivity index (χ2v) is 7.17. The van der Waals surface area contributed by atoms with Crippen molar-refractivity contribution in [2.24, 2.45) is 5.92 Å². The summed E-state index contributed by atoms with van der Waals surface area (Å²) < 4.78 is 7.74. The predicted molar refractivity (Wildman–Crippen MR) is 92.0 cm³/mol. The first-order valence-corrected chi connectivity index (χ1v) is 8.37. The van der Waals surface area contributed by atoms with E-state index in [-0.39, 0.29) is 17.1 Å². The second-order valence-electron chi connectivity index (χ2n) is 7.17. The van der Waals surface area contributed by atoms with Crippen molar-refractivity contribution < 1.29 is 9.53 Å². The van der Waals surface area contributed by atoms with Crippen molar-refractivity contribution in [2.45, 2.75) is 32.6 Å². The summed E-state index contributed by atoms with van der Waals surface area (Å²) in [6, 6.07) is 8.48. The molecule has 0 amide bonds. The number of fused-ring (bicyclic) bond motifs is 1. The van der Waals surface area contributed by atoms with Crippen LogP contribution in [-0.2, 0) is 14.9 Å². The number of carbonyl (C=O) groups is 1. The fraction of sp³-hybridized carbons (Fsp3) is 0.526. The van der Waals surface area contributed by atoms with E-state index in [4.69, 9.17) is 4.74 Å². The SMILES string of the molecule is Cc1cccn2c(C(C)(C)CC(=O)C3CNCCOC3)ccc12. The molecule has 1 aliphatic heterocycles. The van der Waals surface area contributed by atoms with Gasteiger partial charge in [-0.15, -0.1) is 0 Å². The molecule has 1 atom stereocenters. The average Bonchev–Trinajstić information content (AvgIpc) is 2.77. The molecule has 4 heteroatoms. The van der Waals surface area contributed by atoms with Crippen LogP contribution in [0.2, 0.25) is 0 Å². The van der Waals surface area contributed by atoms with Crippen LogP contribution in [0.4, 0.5) is 0 Å². The molecule has 2 aromatic heterocycles. The number of rotatable bonds is 4. The van der Waals surface area contributed by atoms with Gasteiger partial charge in [-0.25, -0.2) is 0 Å². The second kappa shape index (κ2) is 6.46. The molecule has 0 spiro atoms. The number of aromatic nitrogens is 1. The van der Waals surface area contributed by atoms with Crippen molar-refractivity contribution in [1.29, 1.82) is 0 Å². The van der Waals surface area contributed by atoms with Crippen LogP contribution in [0.3, 0.4) is 0 Å². The number of Topliss-reactive ketones (excluding diaryl/α,β-unsaturated/α-hetero) is 1. The van der Waals surface area contributed by atoms with Gasteiger partial charge in [-0.2, -0.15) is 0 Å².